The van der Waals surface area contributed by atoms with Gasteiger partial charge in [0.05, 0.1) is 5.69 Å². The molecule has 2 aromatic carbocycles. The Hall–Kier alpha value is -2.63. The van der Waals surface area contributed by atoms with Gasteiger partial charge in [-0.1, -0.05) is 23.7 Å². The number of ketones is 1. The number of carbonyl (C=O) groups excluding carboxylic acids is 1. The third-order valence-electron chi connectivity index (χ3n) is 4.88. The van der Waals surface area contributed by atoms with Gasteiger partial charge in [0.2, 0.25) is 0 Å². The van der Waals surface area contributed by atoms with Crippen molar-refractivity contribution in [3.05, 3.63) is 81.0 Å². The Bertz CT molecular complexity index is 1040. The van der Waals surface area contributed by atoms with Crippen LogP contribution in [0.5, 0.6) is 0 Å². The number of nitrogens with zero attached hydrogens (tertiary/aromatic N) is 3. The first-order valence-electron chi connectivity index (χ1n) is 9.00. The van der Waals surface area contributed by atoms with E-state index in [0.717, 1.165) is 16.3 Å². The standard InChI is InChI=1S/C22H20ClN3OS/c1-14-6-9-19(13-15(14)2)25-21(16(3)27)24-26(18-10-7-17(23)8-11-18)22(25)20-5-4-12-28-20/h4-13,22H,1-3H3/t22-/m1/s1. The second-order valence-electron chi connectivity index (χ2n) is 6.83. The summed E-state index contributed by atoms with van der Waals surface area (Å²) >= 11 is 7.72. The van der Waals surface area contributed by atoms with Crippen LogP contribution in [-0.2, 0) is 4.79 Å². The number of aryl methyl sites for hydroxylation is 2. The average molecular weight is 410 g/mol. The lowest BCUT2D eigenvalue weighted by atomic mass is 10.1. The van der Waals surface area contributed by atoms with Crippen LogP contribution in [0.1, 0.15) is 29.1 Å². The second-order valence-corrected chi connectivity index (χ2v) is 8.24. The highest BCUT2D eigenvalue weighted by Crippen LogP contribution is 2.41. The van der Waals surface area contributed by atoms with E-state index < -0.39 is 0 Å². The van der Waals surface area contributed by atoms with Crippen LogP contribution < -0.4 is 9.91 Å². The maximum atomic E-state index is 12.5. The molecular formula is C22H20ClN3OS. The summed E-state index contributed by atoms with van der Waals surface area (Å²) in [7, 11) is 0. The first-order chi connectivity index (χ1) is 13.5. The van der Waals surface area contributed by atoms with Crippen LogP contribution in [0.2, 0.25) is 5.02 Å². The van der Waals surface area contributed by atoms with Crippen molar-refractivity contribution in [3.8, 4) is 0 Å². The Labute approximate surface area is 173 Å². The van der Waals surface area contributed by atoms with Gasteiger partial charge in [-0.15, -0.1) is 16.4 Å². The van der Waals surface area contributed by atoms with Crippen LogP contribution in [0.4, 0.5) is 11.4 Å². The Morgan fingerprint density at radius 2 is 1.75 bits per heavy atom. The van der Waals surface area contributed by atoms with E-state index in [4.69, 9.17) is 16.7 Å². The molecule has 4 rings (SSSR count). The number of Topliss-reactive ketones (excluding diaryl/α,β-unsaturated/α-hetero) is 1. The van der Waals surface area contributed by atoms with E-state index in [9.17, 15) is 4.79 Å². The number of anilines is 2. The van der Waals surface area contributed by atoms with E-state index in [2.05, 4.69) is 32.0 Å². The van der Waals surface area contributed by atoms with Gasteiger partial charge >= 0.3 is 0 Å². The Morgan fingerprint density at radius 1 is 1.04 bits per heavy atom. The van der Waals surface area contributed by atoms with Crippen molar-refractivity contribution in [2.45, 2.75) is 26.9 Å². The number of hydrogen-bond donors (Lipinski definition) is 0. The predicted molar refractivity (Wildman–Crippen MR) is 118 cm³/mol. The lowest BCUT2D eigenvalue weighted by Gasteiger charge is -2.31. The molecule has 0 amide bonds. The first-order valence-corrected chi connectivity index (χ1v) is 10.3. The third kappa shape index (κ3) is 3.32. The minimum Gasteiger partial charge on any atom is -0.294 e. The van der Waals surface area contributed by atoms with Crippen molar-refractivity contribution in [1.29, 1.82) is 0 Å². The largest absolute Gasteiger partial charge is 0.294 e. The topological polar surface area (TPSA) is 35.9 Å². The molecule has 3 aromatic rings. The molecule has 142 valence electrons. The van der Waals surface area contributed by atoms with Gasteiger partial charge in [0.1, 0.15) is 0 Å². The number of amidine groups is 1. The van der Waals surface area contributed by atoms with Gasteiger partial charge in [-0.05, 0) is 72.8 Å². The summed E-state index contributed by atoms with van der Waals surface area (Å²) in [4.78, 5) is 15.6. The summed E-state index contributed by atoms with van der Waals surface area (Å²) in [5.74, 6) is 0.354. The first kappa shape index (κ1) is 18.7. The van der Waals surface area contributed by atoms with E-state index in [1.54, 1.807) is 18.3 Å². The highest BCUT2D eigenvalue weighted by Gasteiger charge is 2.39. The van der Waals surface area contributed by atoms with E-state index in [0.29, 0.717) is 10.9 Å². The van der Waals surface area contributed by atoms with Gasteiger partial charge in [-0.2, -0.15) is 0 Å². The maximum absolute atomic E-state index is 12.5. The molecule has 0 fully saturated rings. The van der Waals surface area contributed by atoms with E-state index in [1.165, 1.54) is 11.1 Å². The molecule has 0 saturated heterocycles. The fourth-order valence-corrected chi connectivity index (χ4v) is 4.21. The fraction of sp³-hybridized carbons (Fsp3) is 0.182. The summed E-state index contributed by atoms with van der Waals surface area (Å²) in [5.41, 5.74) is 4.22. The van der Waals surface area contributed by atoms with Crippen LogP contribution in [-0.4, -0.2) is 11.6 Å². The molecule has 0 N–H and O–H groups in total. The molecular weight excluding hydrogens is 390 g/mol. The molecule has 6 heteroatoms. The van der Waals surface area contributed by atoms with Crippen molar-refractivity contribution in [2.75, 3.05) is 9.91 Å². The second kappa shape index (κ2) is 7.41. The smallest absolute Gasteiger partial charge is 0.198 e. The highest BCUT2D eigenvalue weighted by atomic mass is 35.5. The molecule has 0 aliphatic carbocycles. The number of hydrogen-bond acceptors (Lipinski definition) is 5. The molecule has 0 radical (unpaired) electrons. The molecule has 28 heavy (non-hydrogen) atoms. The maximum Gasteiger partial charge on any atom is 0.198 e. The minimum absolute atomic E-state index is 0.0729. The lowest BCUT2D eigenvalue weighted by molar-refractivity contribution is -0.111. The van der Waals surface area contributed by atoms with Gasteiger partial charge in [0.25, 0.3) is 0 Å². The number of carbonyl (C=O) groups is 1. The molecule has 1 atom stereocenters. The number of thiophene rings is 1. The van der Waals surface area contributed by atoms with Crippen molar-refractivity contribution < 1.29 is 4.79 Å². The summed E-state index contributed by atoms with van der Waals surface area (Å²) in [5, 5.41) is 9.33. The van der Waals surface area contributed by atoms with Crippen LogP contribution in [0, 0.1) is 13.8 Å². The van der Waals surface area contributed by atoms with Crippen LogP contribution in [0.25, 0.3) is 0 Å². The number of hydrazone groups is 1. The summed E-state index contributed by atoms with van der Waals surface area (Å²) < 4.78 is 0. The quantitative estimate of drug-likeness (QED) is 0.534. The van der Waals surface area contributed by atoms with Crippen molar-refractivity contribution in [3.63, 3.8) is 0 Å². The zero-order valence-corrected chi connectivity index (χ0v) is 17.5. The van der Waals surface area contributed by atoms with Gasteiger partial charge < -0.3 is 0 Å². The average Bonchev–Trinajstić information content (AvgIpc) is 3.32. The highest BCUT2D eigenvalue weighted by molar-refractivity contribution is 7.10. The predicted octanol–water partition coefficient (Wildman–Crippen LogP) is 5.95. The van der Waals surface area contributed by atoms with Gasteiger partial charge in [-0.3, -0.25) is 9.69 Å². The van der Waals surface area contributed by atoms with Crippen molar-refractivity contribution in [2.24, 2.45) is 5.10 Å². The molecule has 0 unspecified atom stereocenters. The Kier molecular flexibility index (Phi) is 4.96. The minimum atomic E-state index is -0.234. The molecule has 1 aromatic heterocycles. The number of halogens is 1. The van der Waals surface area contributed by atoms with Crippen LogP contribution in [0.3, 0.4) is 0 Å². The molecule has 2 heterocycles. The molecule has 1 aliphatic rings. The molecule has 1 aliphatic heterocycles. The fourth-order valence-electron chi connectivity index (χ4n) is 3.29. The summed E-state index contributed by atoms with van der Waals surface area (Å²) in [6.45, 7) is 5.72. The monoisotopic (exact) mass is 409 g/mol. The summed E-state index contributed by atoms with van der Waals surface area (Å²) in [6.07, 6.45) is -0.234. The van der Waals surface area contributed by atoms with Crippen molar-refractivity contribution >= 4 is 45.9 Å². The van der Waals surface area contributed by atoms with Gasteiger partial charge in [-0.25, -0.2) is 5.01 Å². The Balaban J connectivity index is 1.88. The number of rotatable bonds is 4. The lowest BCUT2D eigenvalue weighted by Crippen LogP contribution is -2.37. The molecule has 0 spiro atoms. The van der Waals surface area contributed by atoms with Crippen LogP contribution >= 0.6 is 22.9 Å². The van der Waals surface area contributed by atoms with E-state index in [1.807, 2.05) is 51.7 Å². The third-order valence-corrected chi connectivity index (χ3v) is 6.04. The SMILES string of the molecule is CC(=O)C1=NN(c2ccc(Cl)cc2)[C@H](c2cccs2)N1c1ccc(C)c(C)c1. The molecule has 4 nitrogen and oxygen atoms in total. The number of benzene rings is 2. The molecule has 0 saturated carbocycles. The van der Waals surface area contributed by atoms with Gasteiger partial charge in [0.15, 0.2) is 17.8 Å². The zero-order chi connectivity index (χ0) is 19.8. The molecule has 0 bridgehead atoms. The van der Waals surface area contributed by atoms with E-state index >= 15 is 0 Å². The summed E-state index contributed by atoms with van der Waals surface area (Å²) in [6, 6.07) is 17.9. The van der Waals surface area contributed by atoms with Crippen molar-refractivity contribution in [1.82, 2.24) is 0 Å². The van der Waals surface area contributed by atoms with Crippen LogP contribution in [0.15, 0.2) is 65.1 Å². The normalized spacial score (nSPS) is 16.4. The van der Waals surface area contributed by atoms with Gasteiger partial charge in [0, 0.05) is 22.5 Å². The Morgan fingerprint density at radius 3 is 2.36 bits per heavy atom. The zero-order valence-electron chi connectivity index (χ0n) is 15.9. The van der Waals surface area contributed by atoms with E-state index in [-0.39, 0.29) is 11.9 Å².